The zero-order valence-corrected chi connectivity index (χ0v) is 12.2. The number of carbonyl (C=O) groups excluding carboxylic acids is 1. The van der Waals surface area contributed by atoms with Crippen LogP contribution in [0.4, 0.5) is 4.79 Å². The molecular formula is C16H25NO2. The number of carbonyl (C=O) groups is 1. The Balaban J connectivity index is 1.66. The predicted molar refractivity (Wildman–Crippen MR) is 75.0 cm³/mol. The zero-order valence-electron chi connectivity index (χ0n) is 12.2. The van der Waals surface area contributed by atoms with Gasteiger partial charge in [-0.2, -0.15) is 0 Å². The molecule has 2 atom stereocenters. The van der Waals surface area contributed by atoms with Gasteiger partial charge in [0.15, 0.2) is 0 Å². The summed E-state index contributed by atoms with van der Waals surface area (Å²) >= 11 is 0. The molecule has 0 N–H and O–H groups in total. The Kier molecular flexibility index (Phi) is 3.55. The van der Waals surface area contributed by atoms with Gasteiger partial charge in [0.2, 0.25) is 0 Å². The second-order valence-corrected chi connectivity index (χ2v) is 6.59. The van der Waals surface area contributed by atoms with Crippen LogP contribution in [0.5, 0.6) is 0 Å². The molecule has 3 rings (SSSR count). The number of piperidine rings is 1. The van der Waals surface area contributed by atoms with Gasteiger partial charge >= 0.3 is 6.09 Å². The van der Waals surface area contributed by atoms with E-state index in [1.54, 1.807) is 5.57 Å². The summed E-state index contributed by atoms with van der Waals surface area (Å²) in [5, 5.41) is 0. The first-order chi connectivity index (χ1) is 9.15. The van der Waals surface area contributed by atoms with Crippen molar-refractivity contribution >= 4 is 6.09 Å². The van der Waals surface area contributed by atoms with E-state index in [1.807, 2.05) is 0 Å². The van der Waals surface area contributed by atoms with Crippen LogP contribution in [-0.4, -0.2) is 29.2 Å². The lowest BCUT2D eigenvalue weighted by Gasteiger charge is -2.36. The van der Waals surface area contributed by atoms with E-state index in [9.17, 15) is 4.79 Å². The fourth-order valence-corrected chi connectivity index (χ4v) is 3.93. The van der Waals surface area contributed by atoms with Crippen LogP contribution in [0.15, 0.2) is 11.1 Å². The maximum Gasteiger partial charge on any atom is 0.410 e. The molecule has 2 heterocycles. The fraction of sp³-hybridized carbons (Fsp3) is 0.812. The van der Waals surface area contributed by atoms with Crippen LogP contribution < -0.4 is 0 Å². The highest BCUT2D eigenvalue weighted by atomic mass is 16.6. The van der Waals surface area contributed by atoms with Crippen molar-refractivity contribution in [2.75, 3.05) is 0 Å². The molecule has 19 heavy (non-hydrogen) atoms. The van der Waals surface area contributed by atoms with Gasteiger partial charge in [-0.15, -0.1) is 0 Å². The number of nitrogens with zero attached hydrogens (tertiary/aromatic N) is 1. The first kappa shape index (κ1) is 13.0. The predicted octanol–water partition coefficient (Wildman–Crippen LogP) is 4.03. The van der Waals surface area contributed by atoms with Crippen molar-refractivity contribution in [3.05, 3.63) is 11.1 Å². The number of hydrogen-bond donors (Lipinski definition) is 0. The number of ether oxygens (including phenoxy) is 1. The van der Waals surface area contributed by atoms with Crippen molar-refractivity contribution in [2.24, 2.45) is 0 Å². The maximum atomic E-state index is 12.4. The summed E-state index contributed by atoms with van der Waals surface area (Å²) in [5.41, 5.74) is 3.01. The smallest absolute Gasteiger partial charge is 0.410 e. The molecule has 0 aromatic heterocycles. The standard InChI is InChI=1S/C16H25NO2/c1-11(2)12-9-13-7-8-14(10-12)17(13)16(18)19-15-5-3-4-6-15/h13-15H,3-10H2,1-2H3. The second kappa shape index (κ2) is 5.18. The molecular weight excluding hydrogens is 238 g/mol. The number of hydrogen-bond acceptors (Lipinski definition) is 2. The molecule has 2 bridgehead atoms. The largest absolute Gasteiger partial charge is 0.446 e. The number of amides is 1. The Bertz CT molecular complexity index is 376. The van der Waals surface area contributed by atoms with Crippen LogP contribution in [0.2, 0.25) is 0 Å². The molecule has 106 valence electrons. The van der Waals surface area contributed by atoms with Crippen LogP contribution in [0.3, 0.4) is 0 Å². The molecule has 1 saturated carbocycles. The van der Waals surface area contributed by atoms with E-state index in [-0.39, 0.29) is 12.2 Å². The Hall–Kier alpha value is -0.990. The van der Waals surface area contributed by atoms with E-state index in [2.05, 4.69) is 18.7 Å². The summed E-state index contributed by atoms with van der Waals surface area (Å²) < 4.78 is 5.70. The number of fused-ring (bicyclic) bond motifs is 2. The molecule has 3 nitrogen and oxygen atoms in total. The minimum atomic E-state index is -0.0350. The second-order valence-electron chi connectivity index (χ2n) is 6.59. The molecule has 1 amide bonds. The Morgan fingerprint density at radius 2 is 1.63 bits per heavy atom. The van der Waals surface area contributed by atoms with Crippen LogP contribution in [0, 0.1) is 0 Å². The van der Waals surface area contributed by atoms with Crippen molar-refractivity contribution in [3.63, 3.8) is 0 Å². The normalized spacial score (nSPS) is 30.8. The van der Waals surface area contributed by atoms with Gasteiger partial charge in [-0.05, 0) is 65.2 Å². The molecule has 3 fully saturated rings. The van der Waals surface area contributed by atoms with Crippen molar-refractivity contribution in [1.29, 1.82) is 0 Å². The van der Waals surface area contributed by atoms with Gasteiger partial charge in [-0.25, -0.2) is 4.79 Å². The average Bonchev–Trinajstić information content (AvgIpc) is 2.95. The Labute approximate surface area is 116 Å². The summed E-state index contributed by atoms with van der Waals surface area (Å²) in [4.78, 5) is 14.4. The van der Waals surface area contributed by atoms with Gasteiger partial charge in [-0.1, -0.05) is 11.1 Å². The monoisotopic (exact) mass is 263 g/mol. The third-order valence-corrected chi connectivity index (χ3v) is 5.07. The zero-order chi connectivity index (χ0) is 13.4. The van der Waals surface area contributed by atoms with E-state index in [1.165, 1.54) is 18.4 Å². The molecule has 0 aromatic rings. The summed E-state index contributed by atoms with van der Waals surface area (Å²) in [6.45, 7) is 4.39. The molecule has 2 unspecified atom stereocenters. The van der Waals surface area contributed by atoms with E-state index in [0.717, 1.165) is 38.5 Å². The molecule has 3 heteroatoms. The van der Waals surface area contributed by atoms with E-state index in [4.69, 9.17) is 4.74 Å². The molecule has 3 aliphatic rings. The van der Waals surface area contributed by atoms with Crippen molar-refractivity contribution < 1.29 is 9.53 Å². The lowest BCUT2D eigenvalue weighted by atomic mass is 9.94. The molecule has 2 saturated heterocycles. The van der Waals surface area contributed by atoms with Crippen molar-refractivity contribution in [2.45, 2.75) is 83.4 Å². The Morgan fingerprint density at radius 1 is 1.05 bits per heavy atom. The van der Waals surface area contributed by atoms with Gasteiger partial charge in [0, 0.05) is 12.1 Å². The van der Waals surface area contributed by atoms with Gasteiger partial charge in [0.1, 0.15) is 6.10 Å². The highest BCUT2D eigenvalue weighted by Crippen LogP contribution is 2.40. The average molecular weight is 263 g/mol. The Morgan fingerprint density at radius 3 is 2.16 bits per heavy atom. The number of rotatable bonds is 1. The molecule has 2 aliphatic heterocycles. The summed E-state index contributed by atoms with van der Waals surface area (Å²) in [6, 6.07) is 0.801. The molecule has 0 spiro atoms. The minimum absolute atomic E-state index is 0.0350. The third kappa shape index (κ3) is 2.52. The van der Waals surface area contributed by atoms with Gasteiger partial charge in [-0.3, -0.25) is 0 Å². The van der Waals surface area contributed by atoms with Gasteiger partial charge < -0.3 is 9.64 Å². The van der Waals surface area contributed by atoms with Gasteiger partial charge in [0.05, 0.1) is 0 Å². The van der Waals surface area contributed by atoms with Crippen molar-refractivity contribution in [3.8, 4) is 0 Å². The van der Waals surface area contributed by atoms with Crippen LogP contribution >= 0.6 is 0 Å². The lowest BCUT2D eigenvalue weighted by molar-refractivity contribution is 0.0464. The minimum Gasteiger partial charge on any atom is -0.446 e. The maximum absolute atomic E-state index is 12.4. The van der Waals surface area contributed by atoms with Crippen molar-refractivity contribution in [1.82, 2.24) is 4.90 Å². The van der Waals surface area contributed by atoms with E-state index >= 15 is 0 Å². The summed E-state index contributed by atoms with van der Waals surface area (Å²) in [7, 11) is 0. The van der Waals surface area contributed by atoms with E-state index < -0.39 is 0 Å². The summed E-state index contributed by atoms with van der Waals surface area (Å²) in [6.07, 6.45) is 9.16. The van der Waals surface area contributed by atoms with Crippen LogP contribution in [-0.2, 0) is 4.74 Å². The number of allylic oxidation sites excluding steroid dienone is 1. The third-order valence-electron chi connectivity index (χ3n) is 5.07. The summed E-state index contributed by atoms with van der Waals surface area (Å²) in [5.74, 6) is 0. The van der Waals surface area contributed by atoms with E-state index in [0.29, 0.717) is 12.1 Å². The molecule has 1 aliphatic carbocycles. The fourth-order valence-electron chi connectivity index (χ4n) is 3.93. The topological polar surface area (TPSA) is 29.5 Å². The van der Waals surface area contributed by atoms with Crippen LogP contribution in [0.25, 0.3) is 0 Å². The lowest BCUT2D eigenvalue weighted by Crippen LogP contribution is -2.46. The SMILES string of the molecule is CC(C)=C1CC2CCC(C1)N2C(=O)OC1CCCC1. The highest BCUT2D eigenvalue weighted by Gasteiger charge is 2.42. The molecule has 0 aromatic carbocycles. The van der Waals surface area contributed by atoms with Gasteiger partial charge in [0.25, 0.3) is 0 Å². The first-order valence-corrected chi connectivity index (χ1v) is 7.79. The first-order valence-electron chi connectivity index (χ1n) is 7.79. The quantitative estimate of drug-likeness (QED) is 0.668. The highest BCUT2D eigenvalue weighted by molar-refractivity contribution is 5.69. The molecule has 0 radical (unpaired) electrons. The van der Waals surface area contributed by atoms with Crippen LogP contribution in [0.1, 0.15) is 65.2 Å².